The number of ether oxygens (including phenoxy) is 1. The lowest BCUT2D eigenvalue weighted by Crippen LogP contribution is -2.32. The van der Waals surface area contributed by atoms with Crippen molar-refractivity contribution >= 4 is 28.9 Å². The molecule has 0 aliphatic carbocycles. The predicted octanol–water partition coefficient (Wildman–Crippen LogP) is 2.71. The van der Waals surface area contributed by atoms with E-state index in [4.69, 9.17) is 17.3 Å². The van der Waals surface area contributed by atoms with Gasteiger partial charge in [-0.25, -0.2) is 4.79 Å². The number of benzene rings is 1. The third-order valence-electron chi connectivity index (χ3n) is 2.29. The molecular weight excluding hydrogens is 285 g/mol. The summed E-state index contributed by atoms with van der Waals surface area (Å²) in [5, 5.41) is -0.0489. The summed E-state index contributed by atoms with van der Waals surface area (Å²) in [6.07, 6.45) is -4.42. The average molecular weight is 297 g/mol. The smallest absolute Gasteiger partial charge is 0.405 e. The van der Waals surface area contributed by atoms with Gasteiger partial charge < -0.3 is 15.4 Å². The van der Waals surface area contributed by atoms with Crippen LogP contribution < -0.4 is 10.6 Å². The van der Waals surface area contributed by atoms with Crippen LogP contribution in [-0.4, -0.2) is 32.8 Å². The largest absolute Gasteiger partial charge is 0.465 e. The second kappa shape index (κ2) is 5.56. The SMILES string of the molecule is COC(=O)c1cc(N)cc(Cl)c1N(C)CC(F)(F)F. The normalized spacial score (nSPS) is 11.3. The molecule has 0 spiro atoms. The highest BCUT2D eigenvalue weighted by atomic mass is 35.5. The van der Waals surface area contributed by atoms with E-state index >= 15 is 0 Å². The zero-order valence-electron chi connectivity index (χ0n) is 10.2. The Balaban J connectivity index is 3.28. The average Bonchev–Trinajstić information content (AvgIpc) is 2.24. The fraction of sp³-hybridized carbons (Fsp3) is 0.364. The molecule has 4 nitrogen and oxygen atoms in total. The standard InChI is InChI=1S/C11H12ClF3N2O2/c1-17(5-11(13,14)15)9-7(10(18)19-2)3-6(16)4-8(9)12/h3-4H,5,16H2,1-2H3. The van der Waals surface area contributed by atoms with Gasteiger partial charge in [0.1, 0.15) is 6.54 Å². The molecule has 0 atom stereocenters. The lowest BCUT2D eigenvalue weighted by atomic mass is 10.1. The molecule has 1 aromatic carbocycles. The predicted molar refractivity (Wildman–Crippen MR) is 66.5 cm³/mol. The van der Waals surface area contributed by atoms with Gasteiger partial charge in [0.05, 0.1) is 23.4 Å². The monoisotopic (exact) mass is 296 g/mol. The Morgan fingerprint density at radius 3 is 2.53 bits per heavy atom. The molecule has 2 N–H and O–H groups in total. The molecule has 19 heavy (non-hydrogen) atoms. The highest BCUT2D eigenvalue weighted by molar-refractivity contribution is 6.34. The number of esters is 1. The summed E-state index contributed by atoms with van der Waals surface area (Å²) < 4.78 is 41.7. The number of methoxy groups -OCH3 is 1. The van der Waals surface area contributed by atoms with Crippen LogP contribution in [0.1, 0.15) is 10.4 Å². The Hall–Kier alpha value is -1.63. The van der Waals surface area contributed by atoms with Gasteiger partial charge in [-0.2, -0.15) is 13.2 Å². The number of halogens is 4. The number of carbonyl (C=O) groups is 1. The maximum absolute atomic E-state index is 12.4. The number of nitrogens with two attached hydrogens (primary N) is 1. The summed E-state index contributed by atoms with van der Waals surface area (Å²) in [5.41, 5.74) is 5.50. The maximum Gasteiger partial charge on any atom is 0.405 e. The molecule has 0 aliphatic heterocycles. The molecule has 0 aliphatic rings. The van der Waals surface area contributed by atoms with Crippen LogP contribution >= 0.6 is 11.6 Å². The molecule has 8 heteroatoms. The quantitative estimate of drug-likeness (QED) is 0.688. The summed E-state index contributed by atoms with van der Waals surface area (Å²) in [4.78, 5) is 12.4. The molecule has 0 saturated heterocycles. The van der Waals surface area contributed by atoms with Gasteiger partial charge >= 0.3 is 12.1 Å². The van der Waals surface area contributed by atoms with Gasteiger partial charge in [-0.1, -0.05) is 11.6 Å². The Bertz CT molecular complexity index is 492. The van der Waals surface area contributed by atoms with Gasteiger partial charge in [-0.05, 0) is 12.1 Å². The van der Waals surface area contributed by atoms with Crippen molar-refractivity contribution in [3.63, 3.8) is 0 Å². The molecule has 106 valence electrons. The van der Waals surface area contributed by atoms with Crippen LogP contribution in [0.2, 0.25) is 5.02 Å². The molecular formula is C11H12ClF3N2O2. The molecule has 1 rings (SSSR count). The molecule has 0 fully saturated rings. The summed E-state index contributed by atoms with van der Waals surface area (Å²) >= 11 is 5.86. The lowest BCUT2D eigenvalue weighted by molar-refractivity contribution is -0.119. The van der Waals surface area contributed by atoms with E-state index in [0.29, 0.717) is 0 Å². The minimum Gasteiger partial charge on any atom is -0.465 e. The van der Waals surface area contributed by atoms with E-state index in [1.54, 1.807) is 0 Å². The zero-order chi connectivity index (χ0) is 14.8. The van der Waals surface area contributed by atoms with Crippen LogP contribution in [-0.2, 0) is 4.74 Å². The first-order valence-corrected chi connectivity index (χ1v) is 5.48. The van der Waals surface area contributed by atoms with Crippen molar-refractivity contribution < 1.29 is 22.7 Å². The molecule has 0 radical (unpaired) electrons. The number of alkyl halides is 3. The third kappa shape index (κ3) is 3.92. The number of rotatable bonds is 3. The van der Waals surface area contributed by atoms with Crippen LogP contribution in [0.4, 0.5) is 24.5 Å². The van der Waals surface area contributed by atoms with Crippen molar-refractivity contribution in [3.8, 4) is 0 Å². The van der Waals surface area contributed by atoms with Crippen LogP contribution in [0.5, 0.6) is 0 Å². The minimum atomic E-state index is -4.42. The number of carbonyl (C=O) groups excluding carboxylic acids is 1. The van der Waals surface area contributed by atoms with Gasteiger partial charge in [0.15, 0.2) is 0 Å². The van der Waals surface area contributed by atoms with Crippen molar-refractivity contribution in [1.29, 1.82) is 0 Å². The summed E-state index contributed by atoms with van der Waals surface area (Å²) in [6, 6.07) is 2.50. The van der Waals surface area contributed by atoms with E-state index in [2.05, 4.69) is 4.74 Å². The molecule has 0 saturated carbocycles. The Morgan fingerprint density at radius 1 is 1.47 bits per heavy atom. The lowest BCUT2D eigenvalue weighted by Gasteiger charge is -2.24. The highest BCUT2D eigenvalue weighted by Gasteiger charge is 2.31. The van der Waals surface area contributed by atoms with Gasteiger partial charge in [-0.15, -0.1) is 0 Å². The first kappa shape index (κ1) is 15.4. The second-order valence-corrected chi connectivity index (χ2v) is 4.27. The van der Waals surface area contributed by atoms with Crippen molar-refractivity contribution in [3.05, 3.63) is 22.7 Å². The second-order valence-electron chi connectivity index (χ2n) is 3.86. The van der Waals surface area contributed by atoms with Crippen molar-refractivity contribution in [2.45, 2.75) is 6.18 Å². The summed E-state index contributed by atoms with van der Waals surface area (Å²) in [5.74, 6) is -0.807. The van der Waals surface area contributed by atoms with E-state index < -0.39 is 18.7 Å². The van der Waals surface area contributed by atoms with Crippen LogP contribution in [0, 0.1) is 0 Å². The van der Waals surface area contributed by atoms with Gasteiger partial charge in [-0.3, -0.25) is 0 Å². The van der Waals surface area contributed by atoms with E-state index in [1.807, 2.05) is 0 Å². The maximum atomic E-state index is 12.4. The topological polar surface area (TPSA) is 55.6 Å². The van der Waals surface area contributed by atoms with Crippen molar-refractivity contribution in [2.24, 2.45) is 0 Å². The van der Waals surface area contributed by atoms with E-state index in [9.17, 15) is 18.0 Å². The number of hydrogen-bond donors (Lipinski definition) is 1. The molecule has 1 aromatic rings. The Labute approximate surface area is 112 Å². The molecule has 0 bridgehead atoms. The van der Waals surface area contributed by atoms with Crippen molar-refractivity contribution in [2.75, 3.05) is 31.3 Å². The van der Waals surface area contributed by atoms with Gasteiger partial charge in [0.2, 0.25) is 0 Å². The van der Waals surface area contributed by atoms with Crippen LogP contribution in [0.15, 0.2) is 12.1 Å². The number of hydrogen-bond acceptors (Lipinski definition) is 4. The highest BCUT2D eigenvalue weighted by Crippen LogP contribution is 2.33. The Kier molecular flexibility index (Phi) is 4.52. The van der Waals surface area contributed by atoms with Crippen molar-refractivity contribution in [1.82, 2.24) is 0 Å². The summed E-state index contributed by atoms with van der Waals surface area (Å²) in [7, 11) is 2.30. The fourth-order valence-electron chi connectivity index (χ4n) is 1.62. The van der Waals surface area contributed by atoms with Crippen LogP contribution in [0.25, 0.3) is 0 Å². The summed E-state index contributed by atoms with van der Waals surface area (Å²) in [6.45, 7) is -1.25. The number of nitrogens with zero attached hydrogens (tertiary/aromatic N) is 1. The third-order valence-corrected chi connectivity index (χ3v) is 2.58. The van der Waals surface area contributed by atoms with E-state index in [-0.39, 0.29) is 22.0 Å². The number of nitrogen functional groups attached to an aromatic ring is 1. The van der Waals surface area contributed by atoms with E-state index in [1.165, 1.54) is 19.2 Å². The molecule has 0 heterocycles. The Morgan fingerprint density at radius 2 is 2.05 bits per heavy atom. The first-order chi connectivity index (χ1) is 8.65. The van der Waals surface area contributed by atoms with E-state index in [0.717, 1.165) is 12.0 Å². The first-order valence-electron chi connectivity index (χ1n) is 5.11. The zero-order valence-corrected chi connectivity index (χ0v) is 11.0. The molecule has 0 aromatic heterocycles. The molecule has 0 unspecified atom stereocenters. The number of anilines is 2. The molecule has 0 amide bonds. The van der Waals surface area contributed by atoms with Gasteiger partial charge in [0.25, 0.3) is 0 Å². The van der Waals surface area contributed by atoms with Gasteiger partial charge in [0, 0.05) is 12.7 Å². The van der Waals surface area contributed by atoms with Crippen LogP contribution in [0.3, 0.4) is 0 Å². The fourth-order valence-corrected chi connectivity index (χ4v) is 1.99. The minimum absolute atomic E-state index is 0.0489.